The second-order valence-corrected chi connectivity index (χ2v) is 7.65. The molecule has 2 amide bonds. The highest BCUT2D eigenvalue weighted by molar-refractivity contribution is 7.15. The van der Waals surface area contributed by atoms with Crippen LogP contribution in [0, 0.1) is 5.41 Å². The summed E-state index contributed by atoms with van der Waals surface area (Å²) in [5, 5.41) is 15.8. The van der Waals surface area contributed by atoms with E-state index in [9.17, 15) is 4.79 Å². The standard InChI is InChI=1S/C15H22N4O2S/c1-2-21-11-8-10(15(11)6-3-7-15)16-13(20)17-14-19-18-12(22-14)9-4-5-9/h9-11H,2-8H2,1H3,(H2,16,17,19,20). The van der Waals surface area contributed by atoms with E-state index in [0.717, 1.165) is 30.9 Å². The average molecular weight is 322 g/mol. The number of anilines is 1. The molecule has 3 saturated carbocycles. The van der Waals surface area contributed by atoms with Crippen LogP contribution in [0.25, 0.3) is 0 Å². The van der Waals surface area contributed by atoms with Gasteiger partial charge in [-0.3, -0.25) is 5.32 Å². The van der Waals surface area contributed by atoms with Crippen LogP contribution in [0.4, 0.5) is 9.93 Å². The summed E-state index contributed by atoms with van der Waals surface area (Å²) in [7, 11) is 0. The molecular formula is C15H22N4O2S. The Morgan fingerprint density at radius 2 is 2.23 bits per heavy atom. The van der Waals surface area contributed by atoms with E-state index in [2.05, 4.69) is 20.8 Å². The van der Waals surface area contributed by atoms with Gasteiger partial charge in [-0.25, -0.2) is 4.79 Å². The van der Waals surface area contributed by atoms with Crippen LogP contribution in [0.5, 0.6) is 0 Å². The van der Waals surface area contributed by atoms with Crippen LogP contribution in [0.1, 0.15) is 56.4 Å². The third-order valence-electron chi connectivity index (χ3n) is 5.33. The number of hydrogen-bond acceptors (Lipinski definition) is 5. The Kier molecular flexibility index (Phi) is 3.57. The highest BCUT2D eigenvalue weighted by Gasteiger charge is 2.59. The molecule has 7 heteroatoms. The van der Waals surface area contributed by atoms with Gasteiger partial charge in [0, 0.05) is 24.0 Å². The quantitative estimate of drug-likeness (QED) is 0.874. The Balaban J connectivity index is 1.32. The van der Waals surface area contributed by atoms with Crippen LogP contribution in [-0.2, 0) is 4.74 Å². The fraction of sp³-hybridized carbons (Fsp3) is 0.800. The largest absolute Gasteiger partial charge is 0.378 e. The van der Waals surface area contributed by atoms with Gasteiger partial charge in [0.2, 0.25) is 5.13 Å². The first-order valence-electron chi connectivity index (χ1n) is 8.24. The zero-order valence-electron chi connectivity index (χ0n) is 12.8. The van der Waals surface area contributed by atoms with Crippen molar-refractivity contribution in [3.8, 4) is 0 Å². The Bertz CT molecular complexity index is 568. The van der Waals surface area contributed by atoms with Crippen LogP contribution in [-0.4, -0.2) is 35.0 Å². The molecule has 1 heterocycles. The molecule has 2 unspecified atom stereocenters. The minimum Gasteiger partial charge on any atom is -0.378 e. The molecule has 120 valence electrons. The van der Waals surface area contributed by atoms with Crippen molar-refractivity contribution in [1.82, 2.24) is 15.5 Å². The molecule has 0 bridgehead atoms. The summed E-state index contributed by atoms with van der Waals surface area (Å²) in [5.74, 6) is 0.577. The van der Waals surface area contributed by atoms with Crippen molar-refractivity contribution in [3.05, 3.63) is 5.01 Å². The molecule has 2 atom stereocenters. The topological polar surface area (TPSA) is 76.1 Å². The number of urea groups is 1. The lowest BCUT2D eigenvalue weighted by atomic mass is 9.51. The van der Waals surface area contributed by atoms with E-state index in [0.29, 0.717) is 17.2 Å². The van der Waals surface area contributed by atoms with Gasteiger partial charge in [0.25, 0.3) is 0 Å². The lowest BCUT2D eigenvalue weighted by Crippen LogP contribution is -2.68. The van der Waals surface area contributed by atoms with Crippen LogP contribution in [0.3, 0.4) is 0 Å². The normalized spacial score (nSPS) is 28.8. The summed E-state index contributed by atoms with van der Waals surface area (Å²) in [6.07, 6.45) is 7.20. The Hall–Kier alpha value is -1.21. The SMILES string of the molecule is CCOC1CC(NC(=O)Nc2nnc(C3CC3)s2)C12CCC2. The first-order chi connectivity index (χ1) is 10.7. The Morgan fingerprint density at radius 1 is 1.41 bits per heavy atom. The summed E-state index contributed by atoms with van der Waals surface area (Å²) in [4.78, 5) is 12.2. The number of carbonyl (C=O) groups excluding carboxylic acids is 1. The average Bonchev–Trinajstić information content (AvgIpc) is 3.17. The number of nitrogens with zero attached hydrogens (tertiary/aromatic N) is 2. The van der Waals surface area contributed by atoms with Crippen LogP contribution in [0.2, 0.25) is 0 Å². The van der Waals surface area contributed by atoms with Gasteiger partial charge in [-0.2, -0.15) is 0 Å². The molecule has 22 heavy (non-hydrogen) atoms. The Morgan fingerprint density at radius 3 is 2.86 bits per heavy atom. The lowest BCUT2D eigenvalue weighted by Gasteiger charge is -2.60. The molecule has 1 spiro atoms. The fourth-order valence-electron chi connectivity index (χ4n) is 3.71. The maximum atomic E-state index is 12.2. The highest BCUT2D eigenvalue weighted by Crippen LogP contribution is 2.57. The van der Waals surface area contributed by atoms with Crippen LogP contribution >= 0.6 is 11.3 Å². The summed E-state index contributed by atoms with van der Waals surface area (Å²) in [6.45, 7) is 2.78. The van der Waals surface area contributed by atoms with Crippen LogP contribution in [0.15, 0.2) is 0 Å². The molecule has 0 aliphatic heterocycles. The number of ether oxygens (including phenoxy) is 1. The van der Waals surface area contributed by atoms with Gasteiger partial charge >= 0.3 is 6.03 Å². The smallest absolute Gasteiger partial charge is 0.321 e. The third kappa shape index (κ3) is 2.40. The summed E-state index contributed by atoms with van der Waals surface area (Å²) < 4.78 is 5.81. The van der Waals surface area contributed by atoms with Gasteiger partial charge < -0.3 is 10.1 Å². The second kappa shape index (κ2) is 5.45. The molecule has 1 aromatic rings. The predicted octanol–water partition coefficient (Wildman–Crippen LogP) is 2.88. The fourth-order valence-corrected chi connectivity index (χ4v) is 4.62. The first kappa shape index (κ1) is 14.4. The molecule has 0 saturated heterocycles. The number of hydrogen-bond donors (Lipinski definition) is 2. The van der Waals surface area contributed by atoms with Gasteiger partial charge in [-0.1, -0.05) is 17.8 Å². The minimum absolute atomic E-state index is 0.162. The predicted molar refractivity (Wildman–Crippen MR) is 84.1 cm³/mol. The molecule has 0 aromatic carbocycles. The molecule has 6 nitrogen and oxygen atoms in total. The number of rotatable bonds is 5. The Labute approximate surface area is 134 Å². The van der Waals surface area contributed by atoms with E-state index in [1.54, 1.807) is 0 Å². The highest BCUT2D eigenvalue weighted by atomic mass is 32.1. The minimum atomic E-state index is -0.162. The van der Waals surface area contributed by atoms with E-state index in [1.807, 2.05) is 6.92 Å². The zero-order valence-corrected chi connectivity index (χ0v) is 13.6. The molecule has 2 N–H and O–H groups in total. The van der Waals surface area contributed by atoms with Gasteiger partial charge in [0.1, 0.15) is 5.01 Å². The number of aromatic nitrogens is 2. The van der Waals surface area contributed by atoms with E-state index in [1.165, 1.54) is 30.6 Å². The maximum absolute atomic E-state index is 12.2. The number of amides is 2. The number of nitrogens with one attached hydrogen (secondary N) is 2. The molecule has 0 radical (unpaired) electrons. The lowest BCUT2D eigenvalue weighted by molar-refractivity contribution is -0.169. The van der Waals surface area contributed by atoms with Crippen molar-refractivity contribution in [2.75, 3.05) is 11.9 Å². The van der Waals surface area contributed by atoms with E-state index >= 15 is 0 Å². The molecule has 4 rings (SSSR count). The first-order valence-corrected chi connectivity index (χ1v) is 9.05. The third-order valence-corrected chi connectivity index (χ3v) is 6.33. The second-order valence-electron chi connectivity index (χ2n) is 6.64. The van der Waals surface area contributed by atoms with Gasteiger partial charge in [-0.05, 0) is 39.0 Å². The maximum Gasteiger partial charge on any atom is 0.321 e. The van der Waals surface area contributed by atoms with E-state index in [4.69, 9.17) is 4.74 Å². The molecule has 3 fully saturated rings. The summed E-state index contributed by atoms with van der Waals surface area (Å²) in [6, 6.07) is 0.0679. The van der Waals surface area contributed by atoms with Gasteiger partial charge in [0.15, 0.2) is 0 Å². The van der Waals surface area contributed by atoms with Crippen molar-refractivity contribution in [1.29, 1.82) is 0 Å². The van der Waals surface area contributed by atoms with Crippen molar-refractivity contribution < 1.29 is 9.53 Å². The van der Waals surface area contributed by atoms with Crippen molar-refractivity contribution in [3.63, 3.8) is 0 Å². The van der Waals surface area contributed by atoms with Gasteiger partial charge in [-0.15, -0.1) is 10.2 Å². The van der Waals surface area contributed by atoms with E-state index < -0.39 is 0 Å². The molecule has 3 aliphatic carbocycles. The van der Waals surface area contributed by atoms with Crippen molar-refractivity contribution in [2.24, 2.45) is 5.41 Å². The molecular weight excluding hydrogens is 300 g/mol. The van der Waals surface area contributed by atoms with Gasteiger partial charge in [0.05, 0.1) is 6.10 Å². The zero-order chi connectivity index (χ0) is 15.2. The van der Waals surface area contributed by atoms with Crippen LogP contribution < -0.4 is 10.6 Å². The number of carbonyl (C=O) groups is 1. The van der Waals surface area contributed by atoms with Crippen molar-refractivity contribution >= 4 is 22.5 Å². The summed E-state index contributed by atoms with van der Waals surface area (Å²) in [5.41, 5.74) is 0.188. The van der Waals surface area contributed by atoms with E-state index in [-0.39, 0.29) is 17.5 Å². The molecule has 1 aromatic heterocycles. The molecule has 3 aliphatic rings. The monoisotopic (exact) mass is 322 g/mol. The summed E-state index contributed by atoms with van der Waals surface area (Å²) >= 11 is 1.49. The van der Waals surface area contributed by atoms with Crippen molar-refractivity contribution in [2.45, 2.75) is 63.5 Å².